The van der Waals surface area contributed by atoms with Crippen molar-refractivity contribution in [3.05, 3.63) is 23.8 Å². The molecule has 24 heavy (non-hydrogen) atoms. The van der Waals surface area contributed by atoms with Crippen LogP contribution in [0.1, 0.15) is 38.2 Å². The van der Waals surface area contributed by atoms with Crippen LogP contribution < -0.4 is 14.8 Å². The predicted octanol–water partition coefficient (Wildman–Crippen LogP) is 1.99. The number of hydrogen-bond acceptors (Lipinski definition) is 5. The molecule has 0 saturated heterocycles. The Balaban J connectivity index is 1.50. The molecular formula is C18H23NO5. The van der Waals surface area contributed by atoms with Crippen molar-refractivity contribution in [2.75, 3.05) is 13.2 Å². The van der Waals surface area contributed by atoms with Crippen LogP contribution in [0, 0.1) is 0 Å². The van der Waals surface area contributed by atoms with Crippen LogP contribution in [0.4, 0.5) is 0 Å². The maximum atomic E-state index is 12.1. The third kappa shape index (κ3) is 4.19. The molecule has 0 spiro atoms. The van der Waals surface area contributed by atoms with Gasteiger partial charge in [0.2, 0.25) is 0 Å². The number of ether oxygens (including phenoxy) is 3. The Kier molecular flexibility index (Phi) is 5.23. The van der Waals surface area contributed by atoms with Crippen molar-refractivity contribution in [2.45, 2.75) is 51.2 Å². The van der Waals surface area contributed by atoms with Gasteiger partial charge in [-0.3, -0.25) is 9.59 Å². The zero-order valence-electron chi connectivity index (χ0n) is 13.9. The highest BCUT2D eigenvalue weighted by molar-refractivity contribution is 5.84. The number of nitrogens with one attached hydrogen (secondary N) is 1. The summed E-state index contributed by atoms with van der Waals surface area (Å²) in [6.07, 6.45) is 3.60. The van der Waals surface area contributed by atoms with E-state index in [1.165, 1.54) is 0 Å². The summed E-state index contributed by atoms with van der Waals surface area (Å²) >= 11 is 0. The van der Waals surface area contributed by atoms with Crippen molar-refractivity contribution in [2.24, 2.45) is 0 Å². The topological polar surface area (TPSA) is 73.9 Å². The van der Waals surface area contributed by atoms with Gasteiger partial charge in [0.25, 0.3) is 5.91 Å². The number of carbonyl (C=O) groups is 2. The minimum atomic E-state index is -0.782. The van der Waals surface area contributed by atoms with Crippen molar-refractivity contribution in [3.8, 4) is 11.5 Å². The summed E-state index contributed by atoms with van der Waals surface area (Å²) in [6, 6.07) is 5.58. The van der Waals surface area contributed by atoms with Crippen LogP contribution in [-0.4, -0.2) is 37.2 Å². The summed E-state index contributed by atoms with van der Waals surface area (Å²) < 4.78 is 16.2. The van der Waals surface area contributed by atoms with Gasteiger partial charge in [-0.25, -0.2) is 0 Å². The first-order valence-corrected chi connectivity index (χ1v) is 8.50. The van der Waals surface area contributed by atoms with Crippen molar-refractivity contribution < 1.29 is 23.8 Å². The lowest BCUT2D eigenvalue weighted by Gasteiger charge is -2.19. The summed E-state index contributed by atoms with van der Waals surface area (Å²) in [5.41, 5.74) is 0.771. The Morgan fingerprint density at radius 3 is 2.67 bits per heavy atom. The standard InChI is InChI=1S/C18H23NO5/c1-12(18(21)19-14-4-2-3-5-14)24-17(20)11-13-6-7-15-16(10-13)23-9-8-22-15/h6-7,10,12,14H,2-5,8-9,11H2,1H3,(H,19,21). The second kappa shape index (κ2) is 7.55. The Morgan fingerprint density at radius 1 is 1.21 bits per heavy atom. The second-order valence-corrected chi connectivity index (χ2v) is 6.28. The number of fused-ring (bicyclic) bond motifs is 1. The second-order valence-electron chi connectivity index (χ2n) is 6.28. The Labute approximate surface area is 141 Å². The number of rotatable bonds is 5. The van der Waals surface area contributed by atoms with E-state index >= 15 is 0 Å². The summed E-state index contributed by atoms with van der Waals surface area (Å²) in [7, 11) is 0. The van der Waals surface area contributed by atoms with Gasteiger partial charge >= 0.3 is 5.97 Å². The van der Waals surface area contributed by atoms with Crippen molar-refractivity contribution in [3.63, 3.8) is 0 Å². The number of amides is 1. The minimum absolute atomic E-state index is 0.0949. The summed E-state index contributed by atoms with van der Waals surface area (Å²) in [5.74, 6) is 0.666. The molecule has 1 amide bonds. The molecule has 0 aromatic heterocycles. The van der Waals surface area contributed by atoms with Crippen LogP contribution in [0.3, 0.4) is 0 Å². The molecule has 1 aliphatic heterocycles. The normalized spacial score (nSPS) is 18.0. The molecule has 1 aromatic carbocycles. The van der Waals surface area contributed by atoms with Crippen LogP contribution in [0.15, 0.2) is 18.2 Å². The SMILES string of the molecule is CC(OC(=O)Cc1ccc2c(c1)OCCO2)C(=O)NC1CCCC1. The number of benzene rings is 1. The van der Waals surface area contributed by atoms with E-state index in [0.717, 1.165) is 31.2 Å². The monoisotopic (exact) mass is 333 g/mol. The fourth-order valence-corrected chi connectivity index (χ4v) is 3.05. The molecule has 0 radical (unpaired) electrons. The highest BCUT2D eigenvalue weighted by Crippen LogP contribution is 2.30. The van der Waals surface area contributed by atoms with Gasteiger partial charge in [-0.05, 0) is 37.5 Å². The molecule has 6 nitrogen and oxygen atoms in total. The maximum absolute atomic E-state index is 12.1. The quantitative estimate of drug-likeness (QED) is 0.834. The Morgan fingerprint density at radius 2 is 1.92 bits per heavy atom. The molecule has 1 saturated carbocycles. The lowest BCUT2D eigenvalue weighted by molar-refractivity contribution is -0.154. The zero-order chi connectivity index (χ0) is 16.9. The molecule has 1 atom stereocenters. The van der Waals surface area contributed by atoms with Crippen LogP contribution in [0.2, 0.25) is 0 Å². The fraction of sp³-hybridized carbons (Fsp3) is 0.556. The first-order chi connectivity index (χ1) is 11.6. The third-order valence-electron chi connectivity index (χ3n) is 4.33. The molecule has 3 rings (SSSR count). The molecule has 1 aliphatic carbocycles. The average molecular weight is 333 g/mol. The first kappa shape index (κ1) is 16.6. The van der Waals surface area contributed by atoms with E-state index in [1.54, 1.807) is 25.1 Å². The highest BCUT2D eigenvalue weighted by atomic mass is 16.6. The Hall–Kier alpha value is -2.24. The predicted molar refractivity (Wildman–Crippen MR) is 87.1 cm³/mol. The third-order valence-corrected chi connectivity index (χ3v) is 4.33. The minimum Gasteiger partial charge on any atom is -0.486 e. The molecule has 1 fully saturated rings. The van der Waals surface area contributed by atoms with Gasteiger partial charge in [0.1, 0.15) is 13.2 Å². The van der Waals surface area contributed by atoms with Gasteiger partial charge in [0, 0.05) is 6.04 Å². The molecule has 1 unspecified atom stereocenters. The smallest absolute Gasteiger partial charge is 0.311 e. The van der Waals surface area contributed by atoms with Crippen LogP contribution >= 0.6 is 0 Å². The Bertz CT molecular complexity index is 609. The van der Waals surface area contributed by atoms with Crippen molar-refractivity contribution in [1.82, 2.24) is 5.32 Å². The largest absolute Gasteiger partial charge is 0.486 e. The maximum Gasteiger partial charge on any atom is 0.311 e. The van der Waals surface area contributed by atoms with Gasteiger partial charge in [-0.15, -0.1) is 0 Å². The van der Waals surface area contributed by atoms with E-state index in [-0.39, 0.29) is 18.4 Å². The molecule has 1 N–H and O–H groups in total. The van der Waals surface area contributed by atoms with Gasteiger partial charge < -0.3 is 19.5 Å². The first-order valence-electron chi connectivity index (χ1n) is 8.50. The van der Waals surface area contributed by atoms with E-state index < -0.39 is 12.1 Å². The van der Waals surface area contributed by atoms with Crippen molar-refractivity contribution >= 4 is 11.9 Å². The molecule has 1 heterocycles. The summed E-state index contributed by atoms with van der Waals surface area (Å²) in [4.78, 5) is 24.1. The number of hydrogen-bond donors (Lipinski definition) is 1. The van der Waals surface area contributed by atoms with Gasteiger partial charge in [0.05, 0.1) is 6.42 Å². The number of carbonyl (C=O) groups excluding carboxylic acids is 2. The molecule has 0 bridgehead atoms. The lowest BCUT2D eigenvalue weighted by atomic mass is 10.1. The lowest BCUT2D eigenvalue weighted by Crippen LogP contribution is -2.41. The molecule has 130 valence electrons. The highest BCUT2D eigenvalue weighted by Gasteiger charge is 2.23. The number of esters is 1. The van der Waals surface area contributed by atoms with E-state index in [0.29, 0.717) is 24.7 Å². The van der Waals surface area contributed by atoms with E-state index in [2.05, 4.69) is 5.32 Å². The molecule has 2 aliphatic rings. The van der Waals surface area contributed by atoms with Crippen LogP contribution in [-0.2, 0) is 20.7 Å². The van der Waals surface area contributed by atoms with Gasteiger partial charge in [-0.1, -0.05) is 18.9 Å². The molecular weight excluding hydrogens is 310 g/mol. The van der Waals surface area contributed by atoms with Crippen LogP contribution in [0.25, 0.3) is 0 Å². The fourth-order valence-electron chi connectivity index (χ4n) is 3.05. The van der Waals surface area contributed by atoms with E-state index in [4.69, 9.17) is 14.2 Å². The van der Waals surface area contributed by atoms with E-state index in [1.807, 2.05) is 0 Å². The van der Waals surface area contributed by atoms with Crippen molar-refractivity contribution in [1.29, 1.82) is 0 Å². The summed E-state index contributed by atoms with van der Waals surface area (Å²) in [5, 5.41) is 2.94. The summed E-state index contributed by atoms with van der Waals surface area (Å²) in [6.45, 7) is 2.63. The van der Waals surface area contributed by atoms with Gasteiger partial charge in [-0.2, -0.15) is 0 Å². The van der Waals surface area contributed by atoms with E-state index in [9.17, 15) is 9.59 Å². The zero-order valence-corrected chi connectivity index (χ0v) is 13.9. The average Bonchev–Trinajstić information content (AvgIpc) is 3.07. The van der Waals surface area contributed by atoms with Crippen LogP contribution in [0.5, 0.6) is 11.5 Å². The molecule has 6 heteroatoms. The molecule has 1 aromatic rings. The van der Waals surface area contributed by atoms with Gasteiger partial charge in [0.15, 0.2) is 17.6 Å².